The molecule has 1 aromatic carbocycles. The summed E-state index contributed by atoms with van der Waals surface area (Å²) in [6.45, 7) is 6.74. The van der Waals surface area contributed by atoms with E-state index < -0.39 is 0 Å². The highest BCUT2D eigenvalue weighted by molar-refractivity contribution is 5.39. The summed E-state index contributed by atoms with van der Waals surface area (Å²) in [6.07, 6.45) is 6.73. The summed E-state index contributed by atoms with van der Waals surface area (Å²) in [7, 11) is 0. The first kappa shape index (κ1) is 11.5. The third-order valence-corrected chi connectivity index (χ3v) is 3.61. The molecule has 1 heterocycles. The molecule has 1 fully saturated rings. The molecule has 2 nitrogen and oxygen atoms in total. The molecule has 1 saturated carbocycles. The van der Waals surface area contributed by atoms with Crippen molar-refractivity contribution in [2.75, 3.05) is 0 Å². The number of nitrogens with zero attached hydrogens (tertiary/aromatic N) is 2. The smallest absolute Gasteiger partial charge is 0.0995 e. The van der Waals surface area contributed by atoms with E-state index in [2.05, 4.69) is 60.8 Å². The molecule has 0 atom stereocenters. The van der Waals surface area contributed by atoms with Crippen molar-refractivity contribution in [1.82, 2.24) is 9.55 Å². The molecule has 0 amide bonds. The van der Waals surface area contributed by atoms with E-state index in [4.69, 9.17) is 0 Å². The van der Waals surface area contributed by atoms with Gasteiger partial charge in [0.2, 0.25) is 0 Å². The highest BCUT2D eigenvalue weighted by Gasteiger charge is 2.25. The Hall–Kier alpha value is -1.57. The van der Waals surface area contributed by atoms with Crippen LogP contribution in [0.1, 0.15) is 50.8 Å². The van der Waals surface area contributed by atoms with Crippen LogP contribution in [0, 0.1) is 0 Å². The van der Waals surface area contributed by atoms with Gasteiger partial charge < -0.3 is 4.57 Å². The van der Waals surface area contributed by atoms with E-state index in [9.17, 15) is 0 Å². The normalized spacial score (nSPS) is 15.9. The molecule has 0 bridgehead atoms. The van der Waals surface area contributed by atoms with Crippen molar-refractivity contribution < 1.29 is 0 Å². The van der Waals surface area contributed by atoms with Crippen LogP contribution in [0.2, 0.25) is 0 Å². The maximum absolute atomic E-state index is 4.51. The maximum atomic E-state index is 4.51. The molecular weight excluding hydrogens is 220 g/mol. The van der Waals surface area contributed by atoms with Gasteiger partial charge in [0, 0.05) is 17.8 Å². The van der Waals surface area contributed by atoms with E-state index in [1.807, 2.05) is 6.33 Å². The van der Waals surface area contributed by atoms with Crippen molar-refractivity contribution >= 4 is 0 Å². The summed E-state index contributed by atoms with van der Waals surface area (Å²) >= 11 is 0. The predicted molar refractivity (Wildman–Crippen MR) is 74.2 cm³/mol. The van der Waals surface area contributed by atoms with Crippen LogP contribution < -0.4 is 0 Å². The summed E-state index contributed by atoms with van der Waals surface area (Å²) in [4.78, 5) is 4.51. The summed E-state index contributed by atoms with van der Waals surface area (Å²) in [5.74, 6) is 0.719. The second-order valence-corrected chi connectivity index (χ2v) is 6.28. The molecule has 1 aliphatic carbocycles. The lowest BCUT2D eigenvalue weighted by molar-refractivity contribution is 0.590. The van der Waals surface area contributed by atoms with Gasteiger partial charge in [0.1, 0.15) is 0 Å². The summed E-state index contributed by atoms with van der Waals surface area (Å²) in [5.41, 5.74) is 4.01. The summed E-state index contributed by atoms with van der Waals surface area (Å²) in [6, 6.07) is 8.74. The van der Waals surface area contributed by atoms with E-state index in [0.717, 1.165) is 5.92 Å². The monoisotopic (exact) mass is 240 g/mol. The van der Waals surface area contributed by atoms with E-state index >= 15 is 0 Å². The minimum atomic E-state index is 0.190. The average Bonchev–Trinajstić information content (AvgIpc) is 3.06. The van der Waals surface area contributed by atoms with Gasteiger partial charge in [0.05, 0.1) is 12.0 Å². The summed E-state index contributed by atoms with van der Waals surface area (Å²) < 4.78 is 2.14. The van der Waals surface area contributed by atoms with Crippen molar-refractivity contribution in [2.45, 2.75) is 44.9 Å². The predicted octanol–water partition coefficient (Wildman–Crippen LogP) is 4.05. The SMILES string of the molecule is CC(C)(C)c1cccc(-n2cnc(C3CC3)c2)c1. The van der Waals surface area contributed by atoms with Crippen molar-refractivity contribution in [3.63, 3.8) is 0 Å². The van der Waals surface area contributed by atoms with E-state index in [1.54, 1.807) is 0 Å². The molecule has 1 aliphatic rings. The molecule has 0 spiro atoms. The van der Waals surface area contributed by atoms with Crippen LogP contribution in [0.5, 0.6) is 0 Å². The molecule has 0 saturated heterocycles. The Kier molecular flexibility index (Phi) is 2.54. The third kappa shape index (κ3) is 2.20. The molecule has 3 rings (SSSR count). The van der Waals surface area contributed by atoms with Gasteiger partial charge in [0.15, 0.2) is 0 Å². The molecule has 0 aliphatic heterocycles. The van der Waals surface area contributed by atoms with Crippen LogP contribution in [-0.4, -0.2) is 9.55 Å². The van der Waals surface area contributed by atoms with Crippen molar-refractivity contribution in [2.24, 2.45) is 0 Å². The Bertz CT molecular complexity index is 556. The molecule has 0 N–H and O–H groups in total. The Morgan fingerprint density at radius 1 is 1.22 bits per heavy atom. The zero-order chi connectivity index (χ0) is 12.8. The number of aromatic nitrogens is 2. The van der Waals surface area contributed by atoms with E-state index in [1.165, 1.54) is 29.8 Å². The minimum absolute atomic E-state index is 0.190. The Balaban J connectivity index is 1.95. The van der Waals surface area contributed by atoms with Crippen molar-refractivity contribution in [3.8, 4) is 5.69 Å². The van der Waals surface area contributed by atoms with E-state index in [0.29, 0.717) is 0 Å². The zero-order valence-corrected chi connectivity index (χ0v) is 11.4. The molecule has 94 valence electrons. The quantitative estimate of drug-likeness (QED) is 0.774. The topological polar surface area (TPSA) is 17.8 Å². The third-order valence-electron chi connectivity index (χ3n) is 3.61. The van der Waals surface area contributed by atoms with Gasteiger partial charge in [-0.3, -0.25) is 0 Å². The van der Waals surface area contributed by atoms with Crippen LogP contribution in [0.3, 0.4) is 0 Å². The lowest BCUT2D eigenvalue weighted by Gasteiger charge is -2.19. The summed E-state index contributed by atoms with van der Waals surface area (Å²) in [5, 5.41) is 0. The number of rotatable bonds is 2. The number of benzene rings is 1. The number of imidazole rings is 1. The highest BCUT2D eigenvalue weighted by Crippen LogP contribution is 2.39. The van der Waals surface area contributed by atoms with Gasteiger partial charge in [-0.05, 0) is 36.0 Å². The van der Waals surface area contributed by atoms with Crippen LogP contribution in [0.15, 0.2) is 36.8 Å². The molecule has 1 aromatic heterocycles. The standard InChI is InChI=1S/C16H20N2/c1-16(2,3)13-5-4-6-14(9-13)18-10-15(17-11-18)12-7-8-12/h4-6,9-12H,7-8H2,1-3H3. The molecular formula is C16H20N2. The van der Waals surface area contributed by atoms with Gasteiger partial charge in [-0.25, -0.2) is 4.98 Å². The number of hydrogen-bond acceptors (Lipinski definition) is 1. The van der Waals surface area contributed by atoms with Gasteiger partial charge >= 0.3 is 0 Å². The fourth-order valence-electron chi connectivity index (χ4n) is 2.20. The molecule has 2 aromatic rings. The lowest BCUT2D eigenvalue weighted by atomic mass is 9.87. The van der Waals surface area contributed by atoms with Crippen LogP contribution in [-0.2, 0) is 5.41 Å². The van der Waals surface area contributed by atoms with Crippen LogP contribution in [0.25, 0.3) is 5.69 Å². The van der Waals surface area contributed by atoms with Gasteiger partial charge in [-0.2, -0.15) is 0 Å². The first-order valence-corrected chi connectivity index (χ1v) is 6.69. The van der Waals surface area contributed by atoms with Crippen LogP contribution >= 0.6 is 0 Å². The van der Waals surface area contributed by atoms with Crippen molar-refractivity contribution in [1.29, 1.82) is 0 Å². The minimum Gasteiger partial charge on any atom is -0.306 e. The number of hydrogen-bond donors (Lipinski definition) is 0. The van der Waals surface area contributed by atoms with Gasteiger partial charge in [0.25, 0.3) is 0 Å². The molecule has 2 heteroatoms. The highest BCUT2D eigenvalue weighted by atomic mass is 15.0. The molecule has 0 radical (unpaired) electrons. The lowest BCUT2D eigenvalue weighted by Crippen LogP contribution is -2.11. The Labute approximate surface area is 109 Å². The van der Waals surface area contributed by atoms with Gasteiger partial charge in [-0.1, -0.05) is 32.9 Å². The second-order valence-electron chi connectivity index (χ2n) is 6.28. The fourth-order valence-corrected chi connectivity index (χ4v) is 2.20. The fraction of sp³-hybridized carbons (Fsp3) is 0.438. The first-order valence-electron chi connectivity index (χ1n) is 6.69. The average molecular weight is 240 g/mol. The van der Waals surface area contributed by atoms with E-state index in [-0.39, 0.29) is 5.41 Å². The zero-order valence-electron chi connectivity index (χ0n) is 11.4. The van der Waals surface area contributed by atoms with Gasteiger partial charge in [-0.15, -0.1) is 0 Å². The van der Waals surface area contributed by atoms with Crippen molar-refractivity contribution in [3.05, 3.63) is 48.0 Å². The van der Waals surface area contributed by atoms with Crippen LogP contribution in [0.4, 0.5) is 0 Å². The molecule has 0 unspecified atom stereocenters. The maximum Gasteiger partial charge on any atom is 0.0995 e. The Morgan fingerprint density at radius 3 is 2.67 bits per heavy atom. The molecule has 18 heavy (non-hydrogen) atoms. The Morgan fingerprint density at radius 2 is 2.00 bits per heavy atom. The second kappa shape index (κ2) is 3.98. The first-order chi connectivity index (χ1) is 8.54. The largest absolute Gasteiger partial charge is 0.306 e.